The Morgan fingerprint density at radius 1 is 0.800 bits per heavy atom. The first-order chi connectivity index (χ1) is 20.0. The number of hydrogen-bond acceptors (Lipinski definition) is 0. The first kappa shape index (κ1) is 41.4. The molecule has 1 unspecified atom stereocenters. The van der Waals surface area contributed by atoms with E-state index in [1.165, 1.54) is 87.3 Å². The number of allylic oxidation sites excluding steroid dienone is 4. The van der Waals surface area contributed by atoms with Crippen LogP contribution in [-0.4, -0.2) is 3.71 Å². The van der Waals surface area contributed by atoms with Gasteiger partial charge in [-0.3, -0.25) is 6.08 Å². The maximum absolute atomic E-state index is 12.2. The van der Waals surface area contributed by atoms with E-state index in [2.05, 4.69) is 125 Å². The molecule has 0 spiro atoms. The summed E-state index contributed by atoms with van der Waals surface area (Å²) in [5.74, 6) is 0.403. The van der Waals surface area contributed by atoms with Gasteiger partial charge in [-0.25, -0.2) is 5.57 Å². The van der Waals surface area contributed by atoms with E-state index in [9.17, 15) is 4.39 Å². The zero-order valence-corrected chi connectivity index (χ0v) is 33.2. The summed E-state index contributed by atoms with van der Waals surface area (Å²) in [6.45, 7) is 25.0. The van der Waals surface area contributed by atoms with Gasteiger partial charge < -0.3 is 24.8 Å². The number of fused-ring (bicyclic) bond motifs is 3. The zero-order valence-electron chi connectivity index (χ0n) is 29.2. The van der Waals surface area contributed by atoms with Crippen molar-refractivity contribution in [1.29, 1.82) is 0 Å². The van der Waals surface area contributed by atoms with Crippen LogP contribution >= 0.6 is 0 Å². The van der Waals surface area contributed by atoms with Gasteiger partial charge in [-0.1, -0.05) is 135 Å². The van der Waals surface area contributed by atoms with E-state index in [0.29, 0.717) is 11.3 Å². The van der Waals surface area contributed by atoms with Crippen LogP contribution in [0, 0.1) is 29.3 Å². The van der Waals surface area contributed by atoms with Crippen LogP contribution in [0.3, 0.4) is 0 Å². The fraction of sp³-hybridized carbons (Fsp3) is 0.439. The van der Waals surface area contributed by atoms with Gasteiger partial charge >= 0.3 is 68.0 Å². The van der Waals surface area contributed by atoms with Gasteiger partial charge in [0.15, 0.2) is 0 Å². The largest absolute Gasteiger partial charge is 1.00 e. The summed E-state index contributed by atoms with van der Waals surface area (Å²) in [4.78, 5) is 0. The predicted molar refractivity (Wildman–Crippen MR) is 181 cm³/mol. The van der Waals surface area contributed by atoms with E-state index in [4.69, 9.17) is 0 Å². The van der Waals surface area contributed by atoms with Crippen molar-refractivity contribution in [2.75, 3.05) is 0 Å². The Morgan fingerprint density at radius 3 is 1.84 bits per heavy atom. The summed E-state index contributed by atoms with van der Waals surface area (Å²) >= 11 is 1.34. The summed E-state index contributed by atoms with van der Waals surface area (Å²) in [7, 11) is 0. The van der Waals surface area contributed by atoms with Crippen molar-refractivity contribution in [3.63, 3.8) is 0 Å². The quantitative estimate of drug-likeness (QED) is 0.251. The molecule has 5 rings (SSSR count). The minimum atomic E-state index is -0.170. The van der Waals surface area contributed by atoms with Crippen LogP contribution in [-0.2, 0) is 41.5 Å². The van der Waals surface area contributed by atoms with Crippen molar-refractivity contribution >= 4 is 3.71 Å². The average Bonchev–Trinajstić information content (AvgIpc) is 3.54. The molecule has 0 amide bonds. The van der Waals surface area contributed by atoms with Crippen LogP contribution in [0.25, 0.3) is 11.1 Å². The van der Waals surface area contributed by atoms with Crippen LogP contribution < -0.4 is 24.8 Å². The molecule has 2 aliphatic carbocycles. The number of benzene rings is 3. The van der Waals surface area contributed by atoms with E-state index in [1.807, 2.05) is 3.71 Å². The van der Waals surface area contributed by atoms with Crippen LogP contribution in [0.15, 0.2) is 71.8 Å². The standard InChI is InChI=1S/C21H25.C13H21.C7H5F.2ClH.Zr/c1-20(2,3)16-9-7-14-11-15-8-10-17(21(4,5)6)13-19(15)18(14)12-16;1-6-10-8-11(7-2)12(9-10)13(3,4)5;1-6-2-4-7(8)5-3-6;;;/h7,9-10,12-13H,11H2,1-6H3;9-10H,6-7H2,1-5H3;1-5H;2*1H;/q2*-1;;;;+2/p-2. The third-order valence-electron chi connectivity index (χ3n) is 8.22. The normalized spacial score (nSPS) is 15.0. The molecular formula is C41H51Cl2FZr-2. The maximum Gasteiger partial charge on any atom is -1.00 e. The van der Waals surface area contributed by atoms with Crippen LogP contribution in [0.1, 0.15) is 117 Å². The Labute approximate surface area is 301 Å². The predicted octanol–water partition coefficient (Wildman–Crippen LogP) is 5.32. The number of halogens is 3. The van der Waals surface area contributed by atoms with Crippen molar-refractivity contribution in [2.45, 2.75) is 106 Å². The van der Waals surface area contributed by atoms with Crippen LogP contribution in [0.2, 0.25) is 0 Å². The molecule has 0 aliphatic heterocycles. The number of rotatable bonds is 3. The SMILES string of the molecule is CC(C)(C)c1c[c-]c2c(c1)-c1cc(C(C)(C)C)ccc1C2.CCC1=[C-]C(CC)C=C1C(C)(C)C.Fc1ccc([CH]=[Zr+2])cc1.[Cl-].[Cl-]. The first-order valence-electron chi connectivity index (χ1n) is 15.8. The van der Waals surface area contributed by atoms with Gasteiger partial charge in [0, 0.05) is 0 Å². The molecule has 0 bridgehead atoms. The molecule has 0 saturated carbocycles. The van der Waals surface area contributed by atoms with E-state index in [0.717, 1.165) is 18.4 Å². The molecule has 0 radical (unpaired) electrons. The molecule has 0 N–H and O–H groups in total. The molecule has 45 heavy (non-hydrogen) atoms. The van der Waals surface area contributed by atoms with Crippen molar-refractivity contribution in [2.24, 2.45) is 11.3 Å². The molecule has 3 aromatic rings. The molecule has 0 fully saturated rings. The molecule has 0 saturated heterocycles. The Bertz CT molecular complexity index is 1410. The van der Waals surface area contributed by atoms with Gasteiger partial charge in [-0.15, -0.1) is 5.56 Å². The monoisotopic (exact) mass is 722 g/mol. The van der Waals surface area contributed by atoms with Crippen LogP contribution in [0.4, 0.5) is 4.39 Å². The van der Waals surface area contributed by atoms with Gasteiger partial charge in [0.25, 0.3) is 0 Å². The minimum absolute atomic E-state index is 0. The molecule has 2 aliphatic rings. The molecule has 3 aromatic carbocycles. The maximum atomic E-state index is 12.2. The van der Waals surface area contributed by atoms with Gasteiger partial charge in [-0.05, 0) is 17.4 Å². The van der Waals surface area contributed by atoms with Gasteiger partial charge in [0.05, 0.1) is 0 Å². The van der Waals surface area contributed by atoms with E-state index in [1.54, 1.807) is 12.1 Å². The molecule has 0 aromatic heterocycles. The zero-order chi connectivity index (χ0) is 32.2. The van der Waals surface area contributed by atoms with Gasteiger partial charge in [-0.2, -0.15) is 41.0 Å². The second-order valence-corrected chi connectivity index (χ2v) is 15.6. The fourth-order valence-corrected chi connectivity index (χ4v) is 5.88. The third-order valence-corrected chi connectivity index (χ3v) is 9.04. The summed E-state index contributed by atoms with van der Waals surface area (Å²) in [5.41, 5.74) is 13.1. The van der Waals surface area contributed by atoms with E-state index >= 15 is 0 Å². The smallest absolute Gasteiger partial charge is 1.00 e. The molecule has 0 heterocycles. The van der Waals surface area contributed by atoms with Gasteiger partial charge in [0.1, 0.15) is 0 Å². The van der Waals surface area contributed by atoms with Crippen molar-refractivity contribution < 1.29 is 53.4 Å². The Kier molecular flexibility index (Phi) is 15.6. The fourth-order valence-electron chi connectivity index (χ4n) is 5.40. The van der Waals surface area contributed by atoms with E-state index in [-0.39, 0.29) is 41.5 Å². The molecule has 1 atom stereocenters. The van der Waals surface area contributed by atoms with Crippen molar-refractivity contribution in [3.05, 3.63) is 118 Å². The first-order valence-corrected chi connectivity index (χ1v) is 17.2. The van der Waals surface area contributed by atoms with Crippen LogP contribution in [0.5, 0.6) is 0 Å². The Balaban J connectivity index is 0.000000363. The van der Waals surface area contributed by atoms with Gasteiger partial charge in [0.2, 0.25) is 0 Å². The summed E-state index contributed by atoms with van der Waals surface area (Å²) in [6.07, 6.45) is 9.31. The average molecular weight is 725 g/mol. The minimum Gasteiger partial charge on any atom is -1.00 e. The van der Waals surface area contributed by atoms with Crippen molar-refractivity contribution in [3.8, 4) is 11.1 Å². The Hall–Kier alpha value is -1.60. The second-order valence-electron chi connectivity index (χ2n) is 14.8. The molecule has 242 valence electrons. The summed E-state index contributed by atoms with van der Waals surface area (Å²) in [5, 5.41) is 0. The second kappa shape index (κ2) is 17.0. The molecule has 0 nitrogen and oxygen atoms in total. The third kappa shape index (κ3) is 11.3. The molecular weight excluding hydrogens is 674 g/mol. The molecule has 4 heteroatoms. The number of hydrogen-bond donors (Lipinski definition) is 0. The topological polar surface area (TPSA) is 0 Å². The Morgan fingerprint density at radius 2 is 1.38 bits per heavy atom. The summed E-state index contributed by atoms with van der Waals surface area (Å²) < 4.78 is 14.2. The summed E-state index contributed by atoms with van der Waals surface area (Å²) in [6, 6.07) is 21.5. The van der Waals surface area contributed by atoms with Crippen molar-refractivity contribution in [1.82, 2.24) is 0 Å². The van der Waals surface area contributed by atoms with E-state index < -0.39 is 0 Å².